The zero-order chi connectivity index (χ0) is 26.1. The molecule has 34 heavy (non-hydrogen) atoms. The zero-order valence-electron chi connectivity index (χ0n) is 20.8. The van der Waals surface area contributed by atoms with Crippen LogP contribution in [0.15, 0.2) is 0 Å². The number of carbonyl (C=O) groups excluding carboxylic acids is 5. The Hall–Kier alpha value is -2.73. The number of rotatable bonds is 10. The van der Waals surface area contributed by atoms with Crippen molar-refractivity contribution in [2.75, 3.05) is 19.7 Å². The SMILES string of the molecule is CC(=O)N[C@@H]1[C@@H](OC(C)=O)[C@@H](OC(C)=O)[C@@H](COC(C)=O)O[C@@H]1CCNCC(=O)OC(C)(C)C. The van der Waals surface area contributed by atoms with E-state index < -0.39 is 65.8 Å². The summed E-state index contributed by atoms with van der Waals surface area (Å²) in [6.45, 7) is 10.1. The van der Waals surface area contributed by atoms with Crippen molar-refractivity contribution in [1.82, 2.24) is 10.6 Å². The second kappa shape index (κ2) is 13.2. The number of nitrogens with one attached hydrogen (secondary N) is 2. The van der Waals surface area contributed by atoms with Gasteiger partial charge in [-0.3, -0.25) is 24.0 Å². The Kier molecular flexibility index (Phi) is 11.4. The predicted octanol–water partition coefficient (Wildman–Crippen LogP) is 0.00640. The lowest BCUT2D eigenvalue weighted by Gasteiger charge is -2.45. The molecule has 0 aromatic carbocycles. The Bertz CT molecular complexity index is 748. The van der Waals surface area contributed by atoms with Crippen LogP contribution in [0.4, 0.5) is 0 Å². The molecule has 0 unspecified atom stereocenters. The van der Waals surface area contributed by atoms with Gasteiger partial charge in [-0.15, -0.1) is 0 Å². The highest BCUT2D eigenvalue weighted by atomic mass is 16.6. The highest BCUT2D eigenvalue weighted by molar-refractivity contribution is 5.74. The first-order valence-electron chi connectivity index (χ1n) is 11.0. The predicted molar refractivity (Wildman–Crippen MR) is 117 cm³/mol. The van der Waals surface area contributed by atoms with Crippen LogP contribution in [-0.2, 0) is 47.7 Å². The average molecular weight is 489 g/mol. The molecular formula is C22H36N2O10. The van der Waals surface area contributed by atoms with Crippen molar-refractivity contribution in [2.45, 2.75) is 90.9 Å². The maximum Gasteiger partial charge on any atom is 0.320 e. The van der Waals surface area contributed by atoms with Crippen molar-refractivity contribution >= 4 is 29.8 Å². The number of hydrogen-bond acceptors (Lipinski definition) is 11. The van der Waals surface area contributed by atoms with E-state index in [-0.39, 0.29) is 26.1 Å². The number of ether oxygens (including phenoxy) is 5. The van der Waals surface area contributed by atoms with Gasteiger partial charge in [0.05, 0.1) is 18.7 Å². The molecule has 1 aliphatic rings. The summed E-state index contributed by atoms with van der Waals surface area (Å²) in [5.41, 5.74) is -0.616. The van der Waals surface area contributed by atoms with Gasteiger partial charge >= 0.3 is 23.9 Å². The van der Waals surface area contributed by atoms with E-state index in [2.05, 4.69) is 10.6 Å². The van der Waals surface area contributed by atoms with E-state index >= 15 is 0 Å². The fourth-order valence-corrected chi connectivity index (χ4v) is 3.48. The van der Waals surface area contributed by atoms with Crippen molar-refractivity contribution in [2.24, 2.45) is 0 Å². The van der Waals surface area contributed by atoms with Crippen LogP contribution in [0.3, 0.4) is 0 Å². The molecule has 1 heterocycles. The lowest BCUT2D eigenvalue weighted by Crippen LogP contribution is -2.66. The first-order chi connectivity index (χ1) is 15.7. The van der Waals surface area contributed by atoms with Gasteiger partial charge in [0.15, 0.2) is 12.2 Å². The van der Waals surface area contributed by atoms with Crippen LogP contribution in [-0.4, -0.2) is 85.5 Å². The van der Waals surface area contributed by atoms with Crippen LogP contribution in [0.5, 0.6) is 0 Å². The fourth-order valence-electron chi connectivity index (χ4n) is 3.48. The quantitative estimate of drug-likeness (QED) is 0.242. The molecule has 0 bridgehead atoms. The third-order valence-electron chi connectivity index (χ3n) is 4.51. The standard InChI is InChI=1S/C22H36N2O10/c1-12(25)24-19-16(8-9-23-10-18(29)34-22(5,6)7)33-17(11-30-13(2)26)20(31-14(3)27)21(19)32-15(4)28/h16-17,19-21,23H,8-11H2,1-7H3,(H,24,25)/t16-,17-,19+,20+,21-/m1/s1. The van der Waals surface area contributed by atoms with Gasteiger partial charge in [0, 0.05) is 27.7 Å². The number of carbonyl (C=O) groups is 5. The van der Waals surface area contributed by atoms with Crippen molar-refractivity contribution in [3.05, 3.63) is 0 Å². The third kappa shape index (κ3) is 10.9. The summed E-state index contributed by atoms with van der Waals surface area (Å²) >= 11 is 0. The molecular weight excluding hydrogens is 452 g/mol. The molecule has 0 radical (unpaired) electrons. The van der Waals surface area contributed by atoms with Crippen LogP contribution in [0.25, 0.3) is 0 Å². The summed E-state index contributed by atoms with van der Waals surface area (Å²) < 4.78 is 27.1. The molecule has 1 aliphatic heterocycles. The van der Waals surface area contributed by atoms with Crippen LogP contribution in [0.1, 0.15) is 54.9 Å². The molecule has 1 fully saturated rings. The molecule has 1 rings (SSSR count). The van der Waals surface area contributed by atoms with Gasteiger partial charge in [0.2, 0.25) is 5.91 Å². The zero-order valence-corrected chi connectivity index (χ0v) is 20.8. The molecule has 0 aromatic heterocycles. The van der Waals surface area contributed by atoms with Gasteiger partial charge in [0.1, 0.15) is 18.3 Å². The first kappa shape index (κ1) is 29.3. The molecule has 194 valence electrons. The van der Waals surface area contributed by atoms with Gasteiger partial charge in [0.25, 0.3) is 0 Å². The minimum absolute atomic E-state index is 0.0465. The second-order valence-corrected chi connectivity index (χ2v) is 8.94. The van der Waals surface area contributed by atoms with Gasteiger partial charge in [-0.25, -0.2) is 0 Å². The molecule has 0 spiro atoms. The summed E-state index contributed by atoms with van der Waals surface area (Å²) in [5, 5.41) is 5.64. The Labute approximate surface area is 199 Å². The summed E-state index contributed by atoms with van der Waals surface area (Å²) in [6, 6.07) is -0.873. The summed E-state index contributed by atoms with van der Waals surface area (Å²) in [7, 11) is 0. The number of hydrogen-bond donors (Lipinski definition) is 2. The molecule has 12 heteroatoms. The van der Waals surface area contributed by atoms with Crippen LogP contribution in [0.2, 0.25) is 0 Å². The normalized spacial score (nSPS) is 24.5. The van der Waals surface area contributed by atoms with Crippen molar-refractivity contribution in [3.8, 4) is 0 Å². The maximum absolute atomic E-state index is 11.9. The molecule has 1 saturated heterocycles. The van der Waals surface area contributed by atoms with E-state index in [1.807, 2.05) is 0 Å². The summed E-state index contributed by atoms with van der Waals surface area (Å²) in [4.78, 5) is 58.8. The van der Waals surface area contributed by atoms with Gasteiger partial charge < -0.3 is 34.3 Å². The molecule has 1 amide bonds. The topological polar surface area (TPSA) is 156 Å². The Balaban J connectivity index is 3.06. The minimum Gasteiger partial charge on any atom is -0.463 e. The van der Waals surface area contributed by atoms with E-state index in [0.29, 0.717) is 0 Å². The Morgan fingerprint density at radius 2 is 1.44 bits per heavy atom. The molecule has 0 aliphatic carbocycles. The lowest BCUT2D eigenvalue weighted by atomic mass is 9.90. The third-order valence-corrected chi connectivity index (χ3v) is 4.51. The van der Waals surface area contributed by atoms with E-state index in [1.54, 1.807) is 20.8 Å². The van der Waals surface area contributed by atoms with E-state index in [4.69, 9.17) is 23.7 Å². The highest BCUT2D eigenvalue weighted by Gasteiger charge is 2.50. The van der Waals surface area contributed by atoms with Gasteiger partial charge in [-0.05, 0) is 33.7 Å². The second-order valence-electron chi connectivity index (χ2n) is 8.94. The first-order valence-corrected chi connectivity index (χ1v) is 11.0. The smallest absolute Gasteiger partial charge is 0.320 e. The summed E-state index contributed by atoms with van der Waals surface area (Å²) in [6.07, 6.45) is -3.65. The molecule has 2 N–H and O–H groups in total. The average Bonchev–Trinajstić information content (AvgIpc) is 2.65. The van der Waals surface area contributed by atoms with Gasteiger partial charge in [-0.1, -0.05) is 0 Å². The minimum atomic E-state index is -1.14. The van der Waals surface area contributed by atoms with Crippen LogP contribution < -0.4 is 10.6 Å². The maximum atomic E-state index is 11.9. The molecule has 0 aromatic rings. The Morgan fingerprint density at radius 1 is 0.853 bits per heavy atom. The van der Waals surface area contributed by atoms with Gasteiger partial charge in [-0.2, -0.15) is 0 Å². The number of esters is 4. The van der Waals surface area contributed by atoms with E-state index in [0.717, 1.165) is 0 Å². The monoisotopic (exact) mass is 488 g/mol. The van der Waals surface area contributed by atoms with Crippen molar-refractivity contribution < 1.29 is 47.7 Å². The van der Waals surface area contributed by atoms with E-state index in [1.165, 1.54) is 27.7 Å². The number of amides is 1. The lowest BCUT2D eigenvalue weighted by molar-refractivity contribution is -0.224. The molecule has 0 saturated carbocycles. The van der Waals surface area contributed by atoms with E-state index in [9.17, 15) is 24.0 Å². The van der Waals surface area contributed by atoms with Crippen LogP contribution >= 0.6 is 0 Å². The highest BCUT2D eigenvalue weighted by Crippen LogP contribution is 2.28. The fraction of sp³-hybridized carbons (Fsp3) is 0.773. The molecule has 5 atom stereocenters. The van der Waals surface area contributed by atoms with Crippen molar-refractivity contribution in [3.63, 3.8) is 0 Å². The molecule has 12 nitrogen and oxygen atoms in total. The summed E-state index contributed by atoms with van der Waals surface area (Å²) in [5.74, 6) is -2.76. The largest absolute Gasteiger partial charge is 0.463 e. The van der Waals surface area contributed by atoms with Crippen molar-refractivity contribution in [1.29, 1.82) is 0 Å². The van der Waals surface area contributed by atoms with Crippen LogP contribution in [0, 0.1) is 0 Å². The Morgan fingerprint density at radius 3 is 1.94 bits per heavy atom.